The van der Waals surface area contributed by atoms with E-state index in [1.807, 2.05) is 24.3 Å². The predicted octanol–water partition coefficient (Wildman–Crippen LogP) is 5.74. The third-order valence-corrected chi connectivity index (χ3v) is 4.80. The van der Waals surface area contributed by atoms with Crippen molar-refractivity contribution in [2.75, 3.05) is 20.7 Å². The normalized spacial score (nSPS) is 10.7. The van der Waals surface area contributed by atoms with Crippen LogP contribution in [0, 0.1) is 0 Å². The minimum absolute atomic E-state index is 0. The molecule has 0 saturated carbocycles. The molecule has 2 aromatic carbocycles. The first-order valence-corrected chi connectivity index (χ1v) is 10.1. The fourth-order valence-corrected chi connectivity index (χ4v) is 3.37. The minimum atomic E-state index is 0. The molecule has 0 heterocycles. The second-order valence-corrected chi connectivity index (χ2v) is 7.50. The highest BCUT2D eigenvalue weighted by Gasteiger charge is 2.12. The minimum Gasteiger partial charge on any atom is -0.396 e. The van der Waals surface area contributed by atoms with Crippen molar-refractivity contribution in [1.29, 1.82) is 0 Å². The molecule has 0 radical (unpaired) electrons. The largest absolute Gasteiger partial charge is 0.396 e. The lowest BCUT2D eigenvalue weighted by atomic mass is 9.94. The lowest BCUT2D eigenvalue weighted by Gasteiger charge is -2.12. The van der Waals surface area contributed by atoms with Crippen molar-refractivity contribution in [2.24, 2.45) is 0 Å². The van der Waals surface area contributed by atoms with Gasteiger partial charge in [-0.2, -0.15) is 0 Å². The summed E-state index contributed by atoms with van der Waals surface area (Å²) >= 11 is 0. The number of unbranched alkanes of at least 4 members (excludes halogenated alkanes) is 5. The van der Waals surface area contributed by atoms with E-state index in [9.17, 15) is 4.79 Å². The summed E-state index contributed by atoms with van der Waals surface area (Å²) in [6, 6.07) is 16.5. The molecule has 154 valence electrons. The second-order valence-electron chi connectivity index (χ2n) is 7.50. The lowest BCUT2D eigenvalue weighted by molar-refractivity contribution is 0.0979. The van der Waals surface area contributed by atoms with Gasteiger partial charge in [0, 0.05) is 25.1 Å². The van der Waals surface area contributed by atoms with Gasteiger partial charge in [0.2, 0.25) is 0 Å². The smallest absolute Gasteiger partial charge is 0.163 e. The molecule has 2 aromatic rings. The van der Waals surface area contributed by atoms with Crippen LogP contribution in [0.15, 0.2) is 48.5 Å². The fraction of sp³-hybridized carbons (Fsp3) is 0.458. The number of rotatable bonds is 12. The van der Waals surface area contributed by atoms with Gasteiger partial charge in [0.15, 0.2) is 5.78 Å². The van der Waals surface area contributed by atoms with E-state index in [0.717, 1.165) is 61.8 Å². The van der Waals surface area contributed by atoms with E-state index < -0.39 is 0 Å². The van der Waals surface area contributed by atoms with Gasteiger partial charge >= 0.3 is 0 Å². The Morgan fingerprint density at radius 3 is 2.11 bits per heavy atom. The Bertz CT molecular complexity index is 698. The zero-order chi connectivity index (χ0) is 19.5. The maximum atomic E-state index is 12.7. The Morgan fingerprint density at radius 1 is 0.857 bits per heavy atom. The number of carbonyl (C=O) groups excluding carboxylic acids is 1. The summed E-state index contributed by atoms with van der Waals surface area (Å²) < 4.78 is 0. The summed E-state index contributed by atoms with van der Waals surface area (Å²) in [5.74, 6) is 0.235. The molecule has 0 aliphatic carbocycles. The van der Waals surface area contributed by atoms with E-state index in [1.165, 1.54) is 5.56 Å². The van der Waals surface area contributed by atoms with Gasteiger partial charge in [-0.25, -0.2) is 0 Å². The number of hydrogen-bond donors (Lipinski definition) is 1. The van der Waals surface area contributed by atoms with Gasteiger partial charge in [0.05, 0.1) is 0 Å². The molecule has 0 aliphatic rings. The summed E-state index contributed by atoms with van der Waals surface area (Å²) in [7, 11) is 4.13. The molecule has 28 heavy (non-hydrogen) atoms. The first-order chi connectivity index (χ1) is 13.1. The summed E-state index contributed by atoms with van der Waals surface area (Å²) in [6.07, 6.45) is 6.88. The van der Waals surface area contributed by atoms with Crippen LogP contribution in [0.3, 0.4) is 0 Å². The first-order valence-electron chi connectivity index (χ1n) is 10.1. The SMILES string of the molecule is CN(C)Cc1ccc(-c2ccccc2C(=O)CCCCCCCCO)cc1.Cl. The number of carbonyl (C=O) groups is 1. The summed E-state index contributed by atoms with van der Waals surface area (Å²) in [5.41, 5.74) is 4.24. The van der Waals surface area contributed by atoms with Crippen LogP contribution in [0.2, 0.25) is 0 Å². The topological polar surface area (TPSA) is 40.5 Å². The molecule has 4 heteroatoms. The van der Waals surface area contributed by atoms with Crippen LogP contribution in [0.25, 0.3) is 11.1 Å². The van der Waals surface area contributed by atoms with Gasteiger partial charge in [-0.15, -0.1) is 12.4 Å². The lowest BCUT2D eigenvalue weighted by Crippen LogP contribution is -2.10. The molecule has 0 unspecified atom stereocenters. The Morgan fingerprint density at radius 2 is 1.46 bits per heavy atom. The van der Waals surface area contributed by atoms with Crippen molar-refractivity contribution in [2.45, 2.75) is 51.5 Å². The molecule has 0 spiro atoms. The first kappa shape index (κ1) is 24.4. The molecule has 0 amide bonds. The molecule has 0 bridgehead atoms. The number of Topliss-reactive ketones (excluding diaryl/α,β-unsaturated/α-hetero) is 1. The quantitative estimate of drug-likeness (QED) is 0.362. The molecule has 0 aromatic heterocycles. The maximum Gasteiger partial charge on any atom is 0.163 e. The highest BCUT2D eigenvalue weighted by molar-refractivity contribution is 6.02. The van der Waals surface area contributed by atoms with Crippen molar-refractivity contribution >= 4 is 18.2 Å². The van der Waals surface area contributed by atoms with Crippen LogP contribution in [-0.2, 0) is 6.54 Å². The molecule has 2 rings (SSSR count). The van der Waals surface area contributed by atoms with E-state index in [0.29, 0.717) is 6.42 Å². The van der Waals surface area contributed by atoms with Crippen molar-refractivity contribution < 1.29 is 9.90 Å². The van der Waals surface area contributed by atoms with Crippen LogP contribution in [0.1, 0.15) is 60.9 Å². The zero-order valence-electron chi connectivity index (χ0n) is 17.2. The van der Waals surface area contributed by atoms with E-state index in [1.54, 1.807) is 0 Å². The molecular weight excluding hydrogens is 370 g/mol. The predicted molar refractivity (Wildman–Crippen MR) is 120 cm³/mol. The number of nitrogens with zero attached hydrogens (tertiary/aromatic N) is 1. The summed E-state index contributed by atoms with van der Waals surface area (Å²) in [6.45, 7) is 1.20. The Kier molecular flexibility index (Phi) is 11.7. The van der Waals surface area contributed by atoms with Gasteiger partial charge in [-0.05, 0) is 43.6 Å². The van der Waals surface area contributed by atoms with E-state index in [-0.39, 0.29) is 24.8 Å². The highest BCUT2D eigenvalue weighted by atomic mass is 35.5. The third kappa shape index (κ3) is 8.14. The van der Waals surface area contributed by atoms with Gasteiger partial charge in [-0.3, -0.25) is 4.79 Å². The molecule has 0 fully saturated rings. The average molecular weight is 404 g/mol. The number of aliphatic hydroxyl groups is 1. The van der Waals surface area contributed by atoms with Crippen LogP contribution in [-0.4, -0.2) is 36.5 Å². The van der Waals surface area contributed by atoms with Crippen LogP contribution >= 0.6 is 12.4 Å². The number of halogens is 1. The molecule has 0 aliphatic heterocycles. The van der Waals surface area contributed by atoms with Crippen molar-refractivity contribution in [3.63, 3.8) is 0 Å². The monoisotopic (exact) mass is 403 g/mol. The zero-order valence-corrected chi connectivity index (χ0v) is 18.0. The summed E-state index contributed by atoms with van der Waals surface area (Å²) in [5, 5.41) is 8.79. The third-order valence-electron chi connectivity index (χ3n) is 4.80. The summed E-state index contributed by atoms with van der Waals surface area (Å²) in [4.78, 5) is 14.9. The number of aliphatic hydroxyl groups excluding tert-OH is 1. The second kappa shape index (κ2) is 13.5. The maximum absolute atomic E-state index is 12.7. The number of benzene rings is 2. The van der Waals surface area contributed by atoms with Crippen molar-refractivity contribution in [3.8, 4) is 11.1 Å². The standard InChI is InChI=1S/C24H33NO2.ClH/c1-25(2)19-20-14-16-21(17-15-20)22-11-8-9-12-23(22)24(27)13-7-5-3-4-6-10-18-26;/h8-9,11-12,14-17,26H,3-7,10,13,18-19H2,1-2H3;1H. The average Bonchev–Trinajstić information content (AvgIpc) is 2.67. The van der Waals surface area contributed by atoms with E-state index in [4.69, 9.17) is 5.11 Å². The Labute approximate surface area is 176 Å². The van der Waals surface area contributed by atoms with Crippen LogP contribution in [0.4, 0.5) is 0 Å². The van der Waals surface area contributed by atoms with Crippen molar-refractivity contribution in [3.05, 3.63) is 59.7 Å². The molecule has 0 saturated heterocycles. The highest BCUT2D eigenvalue weighted by Crippen LogP contribution is 2.26. The fourth-order valence-electron chi connectivity index (χ4n) is 3.37. The Hall–Kier alpha value is -1.68. The molecule has 0 atom stereocenters. The number of hydrogen-bond acceptors (Lipinski definition) is 3. The Balaban J connectivity index is 0.00000392. The van der Waals surface area contributed by atoms with Crippen molar-refractivity contribution in [1.82, 2.24) is 4.90 Å². The van der Waals surface area contributed by atoms with Gasteiger partial charge in [0.1, 0.15) is 0 Å². The van der Waals surface area contributed by atoms with Gasteiger partial charge in [0.25, 0.3) is 0 Å². The number of ketones is 1. The molecular formula is C24H34ClNO2. The molecule has 1 N–H and O–H groups in total. The van der Waals surface area contributed by atoms with Gasteiger partial charge < -0.3 is 10.0 Å². The van der Waals surface area contributed by atoms with Crippen LogP contribution in [0.5, 0.6) is 0 Å². The van der Waals surface area contributed by atoms with Crippen LogP contribution < -0.4 is 0 Å². The van der Waals surface area contributed by atoms with E-state index in [2.05, 4.69) is 43.3 Å². The van der Waals surface area contributed by atoms with Gasteiger partial charge in [-0.1, -0.05) is 74.2 Å². The molecule has 3 nitrogen and oxygen atoms in total. The van der Waals surface area contributed by atoms with E-state index >= 15 is 0 Å².